The van der Waals surface area contributed by atoms with E-state index in [0.29, 0.717) is 23.7 Å². The Labute approximate surface area is 126 Å². The van der Waals surface area contributed by atoms with Crippen LogP contribution in [0.3, 0.4) is 0 Å². The van der Waals surface area contributed by atoms with Crippen LogP contribution in [0.4, 0.5) is 0 Å². The fourth-order valence-electron chi connectivity index (χ4n) is 2.05. The number of carbonyl (C=O) groups is 1. The summed E-state index contributed by atoms with van der Waals surface area (Å²) in [5.74, 6) is 0.836. The quantitative estimate of drug-likeness (QED) is 0.502. The average molecular weight is 298 g/mol. The fraction of sp³-hybridized carbons (Fsp3) is 0.118. The molecule has 0 saturated heterocycles. The van der Waals surface area contributed by atoms with Crippen molar-refractivity contribution < 1.29 is 13.9 Å². The molecule has 0 amide bonds. The molecule has 0 saturated carbocycles. The molecule has 3 nitrogen and oxygen atoms in total. The molecule has 0 aliphatic heterocycles. The van der Waals surface area contributed by atoms with Gasteiger partial charge >= 0.3 is 0 Å². The van der Waals surface area contributed by atoms with Gasteiger partial charge in [0.15, 0.2) is 17.1 Å². The number of ketones is 1. The van der Waals surface area contributed by atoms with Gasteiger partial charge in [-0.05, 0) is 42.7 Å². The first-order chi connectivity index (χ1) is 10.3. The molecule has 0 atom stereocenters. The van der Waals surface area contributed by atoms with Gasteiger partial charge in [-0.2, -0.15) is 0 Å². The minimum absolute atomic E-state index is 0.151. The molecule has 0 aliphatic carbocycles. The van der Waals surface area contributed by atoms with Gasteiger partial charge in [0, 0.05) is 10.3 Å². The smallest absolute Gasteiger partial charge is 0.221 e. The highest BCUT2D eigenvalue weighted by Gasteiger charge is 2.12. The topological polar surface area (TPSA) is 39.4 Å². The van der Waals surface area contributed by atoms with Crippen molar-refractivity contribution in [1.82, 2.24) is 0 Å². The van der Waals surface area contributed by atoms with E-state index in [2.05, 4.69) is 0 Å². The minimum Gasteiger partial charge on any atom is -0.490 e. The van der Waals surface area contributed by atoms with E-state index in [9.17, 15) is 4.79 Å². The van der Waals surface area contributed by atoms with Crippen molar-refractivity contribution in [3.8, 4) is 5.75 Å². The number of para-hydroxylation sites is 1. The summed E-state index contributed by atoms with van der Waals surface area (Å²) in [6.45, 7) is 2.47. The first-order valence-corrected chi connectivity index (χ1v) is 7.57. The van der Waals surface area contributed by atoms with Crippen molar-refractivity contribution in [1.29, 1.82) is 0 Å². The molecule has 0 unspecified atom stereocenters. The monoisotopic (exact) mass is 298 g/mol. The molecule has 3 rings (SSSR count). The Morgan fingerprint density at radius 1 is 1.33 bits per heavy atom. The van der Waals surface area contributed by atoms with Crippen molar-refractivity contribution in [3.63, 3.8) is 0 Å². The summed E-state index contributed by atoms with van der Waals surface area (Å²) in [7, 11) is 0. The lowest BCUT2D eigenvalue weighted by atomic mass is 10.2. The van der Waals surface area contributed by atoms with Crippen LogP contribution in [-0.4, -0.2) is 12.4 Å². The van der Waals surface area contributed by atoms with Crippen molar-refractivity contribution in [2.24, 2.45) is 0 Å². The lowest BCUT2D eigenvalue weighted by Gasteiger charge is -2.01. The number of carbonyl (C=O) groups excluding carboxylic acids is 1. The Hall–Kier alpha value is -2.33. The molecule has 0 spiro atoms. The number of hydrogen-bond acceptors (Lipinski definition) is 4. The maximum atomic E-state index is 12.2. The number of hydrogen-bond donors (Lipinski definition) is 0. The number of benzene rings is 1. The third kappa shape index (κ3) is 2.90. The van der Waals surface area contributed by atoms with E-state index < -0.39 is 0 Å². The molecular formula is C17H14O3S. The van der Waals surface area contributed by atoms with E-state index in [4.69, 9.17) is 9.15 Å². The lowest BCUT2D eigenvalue weighted by molar-refractivity contribution is 0.102. The van der Waals surface area contributed by atoms with E-state index >= 15 is 0 Å². The van der Waals surface area contributed by atoms with Gasteiger partial charge in [0.1, 0.15) is 0 Å². The second kappa shape index (κ2) is 5.97. The molecule has 0 fully saturated rings. The minimum atomic E-state index is -0.151. The third-order valence-corrected chi connectivity index (χ3v) is 3.83. The highest BCUT2D eigenvalue weighted by molar-refractivity contribution is 7.10. The van der Waals surface area contributed by atoms with Crippen LogP contribution < -0.4 is 4.74 Å². The predicted octanol–water partition coefficient (Wildman–Crippen LogP) is 4.79. The van der Waals surface area contributed by atoms with Crippen molar-refractivity contribution in [3.05, 3.63) is 58.5 Å². The second-order valence-electron chi connectivity index (χ2n) is 4.43. The summed E-state index contributed by atoms with van der Waals surface area (Å²) in [4.78, 5) is 13.2. The van der Waals surface area contributed by atoms with Crippen LogP contribution in [0.1, 0.15) is 22.4 Å². The molecular weight excluding hydrogens is 284 g/mol. The number of allylic oxidation sites excluding steroid dienone is 1. The van der Waals surface area contributed by atoms with Gasteiger partial charge in [-0.25, -0.2) is 0 Å². The Kier molecular flexibility index (Phi) is 3.88. The summed E-state index contributed by atoms with van der Waals surface area (Å²) < 4.78 is 11.2. The summed E-state index contributed by atoms with van der Waals surface area (Å²) in [6.07, 6.45) is 3.33. The highest BCUT2D eigenvalue weighted by atomic mass is 32.1. The van der Waals surface area contributed by atoms with Crippen LogP contribution in [0.5, 0.6) is 5.75 Å². The van der Waals surface area contributed by atoms with Crippen molar-refractivity contribution >= 4 is 34.2 Å². The maximum Gasteiger partial charge on any atom is 0.221 e. The molecule has 0 aliphatic rings. The summed E-state index contributed by atoms with van der Waals surface area (Å²) in [5.41, 5.74) is 0.618. The van der Waals surface area contributed by atoms with E-state index in [1.807, 2.05) is 42.6 Å². The molecule has 21 heavy (non-hydrogen) atoms. The van der Waals surface area contributed by atoms with E-state index in [-0.39, 0.29) is 5.78 Å². The van der Waals surface area contributed by atoms with Crippen LogP contribution in [0.15, 0.2) is 52.3 Å². The van der Waals surface area contributed by atoms with Gasteiger partial charge in [-0.15, -0.1) is 11.3 Å². The molecule has 0 radical (unpaired) electrons. The molecule has 0 bridgehead atoms. The number of rotatable bonds is 5. The zero-order chi connectivity index (χ0) is 14.7. The molecule has 1 aromatic carbocycles. The molecule has 2 aromatic heterocycles. The van der Waals surface area contributed by atoms with Gasteiger partial charge in [0.25, 0.3) is 0 Å². The van der Waals surface area contributed by atoms with Crippen molar-refractivity contribution in [2.75, 3.05) is 6.61 Å². The van der Waals surface area contributed by atoms with Crippen LogP contribution in [0.25, 0.3) is 17.0 Å². The largest absolute Gasteiger partial charge is 0.490 e. The summed E-state index contributed by atoms with van der Waals surface area (Å²) >= 11 is 1.58. The SMILES string of the molecule is CCOc1cccc2cc(C(=O)/C=C/c3cccs3)oc12. The Balaban J connectivity index is 1.90. The number of fused-ring (bicyclic) bond motifs is 1. The van der Waals surface area contributed by atoms with Crippen LogP contribution in [-0.2, 0) is 0 Å². The first-order valence-electron chi connectivity index (χ1n) is 6.69. The standard InChI is InChI=1S/C17H14O3S/c1-2-19-15-7-3-5-12-11-16(20-17(12)15)14(18)9-8-13-6-4-10-21-13/h3-11H,2H2,1H3/b9-8+. The average Bonchev–Trinajstić information content (AvgIpc) is 3.14. The van der Waals surface area contributed by atoms with Gasteiger partial charge in [-0.1, -0.05) is 18.2 Å². The number of ether oxygens (including phenoxy) is 1. The fourth-order valence-corrected chi connectivity index (χ4v) is 2.67. The molecule has 106 valence electrons. The lowest BCUT2D eigenvalue weighted by Crippen LogP contribution is -1.91. The summed E-state index contributed by atoms with van der Waals surface area (Å²) in [5, 5.41) is 2.84. The Morgan fingerprint density at radius 2 is 2.24 bits per heavy atom. The van der Waals surface area contributed by atoms with Crippen LogP contribution in [0.2, 0.25) is 0 Å². The zero-order valence-corrected chi connectivity index (χ0v) is 12.4. The van der Waals surface area contributed by atoms with Crippen LogP contribution >= 0.6 is 11.3 Å². The number of furan rings is 1. The van der Waals surface area contributed by atoms with Crippen molar-refractivity contribution in [2.45, 2.75) is 6.92 Å². The van der Waals surface area contributed by atoms with Gasteiger partial charge in [0.2, 0.25) is 5.78 Å². The third-order valence-electron chi connectivity index (χ3n) is 2.99. The van der Waals surface area contributed by atoms with Gasteiger partial charge < -0.3 is 9.15 Å². The second-order valence-corrected chi connectivity index (χ2v) is 5.41. The Morgan fingerprint density at radius 3 is 3.00 bits per heavy atom. The molecule has 0 N–H and O–H groups in total. The Bertz CT molecular complexity index is 782. The zero-order valence-electron chi connectivity index (χ0n) is 11.5. The molecule has 2 heterocycles. The van der Waals surface area contributed by atoms with E-state index in [1.54, 1.807) is 23.5 Å². The highest BCUT2D eigenvalue weighted by Crippen LogP contribution is 2.29. The number of thiophene rings is 1. The van der Waals surface area contributed by atoms with Gasteiger partial charge in [-0.3, -0.25) is 4.79 Å². The first kappa shape index (κ1) is 13.6. The summed E-state index contributed by atoms with van der Waals surface area (Å²) in [6, 6.07) is 11.3. The molecule has 4 heteroatoms. The van der Waals surface area contributed by atoms with E-state index in [0.717, 1.165) is 10.3 Å². The maximum absolute atomic E-state index is 12.2. The van der Waals surface area contributed by atoms with Crippen LogP contribution in [0, 0.1) is 0 Å². The normalized spacial score (nSPS) is 11.3. The molecule has 3 aromatic rings. The van der Waals surface area contributed by atoms with Gasteiger partial charge in [0.05, 0.1) is 6.61 Å². The predicted molar refractivity (Wildman–Crippen MR) is 85.1 cm³/mol. The van der Waals surface area contributed by atoms with E-state index in [1.165, 1.54) is 6.08 Å².